The number of aryl methyl sites for hydroxylation is 2. The predicted octanol–water partition coefficient (Wildman–Crippen LogP) is 2.33. The number of aliphatic hydroxyl groups excluding tert-OH is 1. The minimum absolute atomic E-state index is 0.241. The molecule has 0 spiro atoms. The number of hydrogen-bond donors (Lipinski definition) is 1. The minimum Gasteiger partial charge on any atom is -0.391 e. The molecule has 1 fully saturated rings. The molecule has 4 heteroatoms. The van der Waals surface area contributed by atoms with Gasteiger partial charge in [-0.25, -0.2) is 9.97 Å². The lowest BCUT2D eigenvalue weighted by atomic mass is 10.1. The van der Waals surface area contributed by atoms with Gasteiger partial charge in [-0.15, -0.1) is 0 Å². The Morgan fingerprint density at radius 3 is 2.75 bits per heavy atom. The molecule has 2 aromatic rings. The molecular formula is C16H19N3O. The van der Waals surface area contributed by atoms with Crippen LogP contribution in [0.5, 0.6) is 0 Å². The Morgan fingerprint density at radius 2 is 2.05 bits per heavy atom. The van der Waals surface area contributed by atoms with Crippen LogP contribution in [0, 0.1) is 13.8 Å². The number of rotatable bonds is 2. The van der Waals surface area contributed by atoms with Crippen molar-refractivity contribution in [3.63, 3.8) is 0 Å². The molecule has 0 saturated carbocycles. The molecule has 1 aromatic heterocycles. The van der Waals surface area contributed by atoms with Crippen LogP contribution in [0.25, 0.3) is 11.4 Å². The van der Waals surface area contributed by atoms with Gasteiger partial charge < -0.3 is 10.0 Å². The standard InChI is InChI=1S/C16H19N3O/c1-11-3-4-13(9-12(11)2)16-17-7-5-15(18-16)19-8-6-14(20)10-19/h3-5,7,9,14,20H,6,8,10H2,1-2H3/t14-/m1/s1. The van der Waals surface area contributed by atoms with Gasteiger partial charge in [0.2, 0.25) is 0 Å². The summed E-state index contributed by atoms with van der Waals surface area (Å²) in [5.74, 6) is 1.64. The quantitative estimate of drug-likeness (QED) is 0.909. The molecule has 104 valence electrons. The summed E-state index contributed by atoms with van der Waals surface area (Å²) in [7, 11) is 0. The van der Waals surface area contributed by atoms with E-state index in [1.807, 2.05) is 6.07 Å². The van der Waals surface area contributed by atoms with Crippen LogP contribution >= 0.6 is 0 Å². The van der Waals surface area contributed by atoms with Crippen LogP contribution in [0.15, 0.2) is 30.5 Å². The molecule has 1 saturated heterocycles. The molecule has 0 unspecified atom stereocenters. The molecule has 1 aliphatic rings. The van der Waals surface area contributed by atoms with E-state index in [-0.39, 0.29) is 6.10 Å². The first kappa shape index (κ1) is 13.1. The number of nitrogens with zero attached hydrogens (tertiary/aromatic N) is 3. The molecule has 1 atom stereocenters. The van der Waals surface area contributed by atoms with Crippen molar-refractivity contribution in [1.29, 1.82) is 0 Å². The third kappa shape index (κ3) is 2.51. The molecule has 0 radical (unpaired) electrons. The fraction of sp³-hybridized carbons (Fsp3) is 0.375. The van der Waals surface area contributed by atoms with E-state index in [4.69, 9.17) is 0 Å². The highest BCUT2D eigenvalue weighted by atomic mass is 16.3. The van der Waals surface area contributed by atoms with Crippen LogP contribution in [0.4, 0.5) is 5.82 Å². The van der Waals surface area contributed by atoms with Crippen molar-refractivity contribution in [1.82, 2.24) is 9.97 Å². The van der Waals surface area contributed by atoms with Gasteiger partial charge in [0.25, 0.3) is 0 Å². The highest BCUT2D eigenvalue weighted by molar-refractivity contribution is 5.59. The fourth-order valence-corrected chi connectivity index (χ4v) is 2.49. The Morgan fingerprint density at radius 1 is 1.20 bits per heavy atom. The van der Waals surface area contributed by atoms with E-state index in [0.717, 1.165) is 30.2 Å². The van der Waals surface area contributed by atoms with Crippen molar-refractivity contribution < 1.29 is 5.11 Å². The van der Waals surface area contributed by atoms with Crippen molar-refractivity contribution in [2.24, 2.45) is 0 Å². The van der Waals surface area contributed by atoms with E-state index >= 15 is 0 Å². The molecule has 0 amide bonds. The summed E-state index contributed by atoms with van der Waals surface area (Å²) < 4.78 is 0. The summed E-state index contributed by atoms with van der Waals surface area (Å²) in [4.78, 5) is 11.1. The zero-order valence-electron chi connectivity index (χ0n) is 11.9. The first-order chi connectivity index (χ1) is 9.63. The fourth-order valence-electron chi connectivity index (χ4n) is 2.49. The molecular weight excluding hydrogens is 250 g/mol. The van der Waals surface area contributed by atoms with Crippen LogP contribution in [-0.4, -0.2) is 34.3 Å². The Labute approximate surface area is 119 Å². The average Bonchev–Trinajstić information content (AvgIpc) is 2.89. The number of β-amino-alcohol motifs (C(OH)–C–C–N with tert-alkyl or cyclic N) is 1. The van der Waals surface area contributed by atoms with E-state index in [1.165, 1.54) is 11.1 Å². The number of hydrogen-bond acceptors (Lipinski definition) is 4. The van der Waals surface area contributed by atoms with Crippen molar-refractivity contribution in [2.45, 2.75) is 26.4 Å². The second kappa shape index (κ2) is 5.21. The van der Waals surface area contributed by atoms with Crippen LogP contribution in [0.2, 0.25) is 0 Å². The summed E-state index contributed by atoms with van der Waals surface area (Å²) in [5, 5.41) is 9.63. The van der Waals surface area contributed by atoms with Gasteiger partial charge in [-0.2, -0.15) is 0 Å². The Balaban J connectivity index is 1.92. The van der Waals surface area contributed by atoms with Crippen molar-refractivity contribution in [3.8, 4) is 11.4 Å². The molecule has 1 N–H and O–H groups in total. The molecule has 20 heavy (non-hydrogen) atoms. The molecule has 0 aliphatic carbocycles. The molecule has 2 heterocycles. The first-order valence-electron chi connectivity index (χ1n) is 6.97. The number of aromatic nitrogens is 2. The smallest absolute Gasteiger partial charge is 0.161 e. The topological polar surface area (TPSA) is 49.2 Å². The molecule has 1 aliphatic heterocycles. The Bertz CT molecular complexity index is 627. The zero-order chi connectivity index (χ0) is 14.1. The van der Waals surface area contributed by atoms with Crippen molar-refractivity contribution >= 4 is 5.82 Å². The highest BCUT2D eigenvalue weighted by Gasteiger charge is 2.21. The second-order valence-electron chi connectivity index (χ2n) is 5.43. The van der Waals surface area contributed by atoms with Gasteiger partial charge in [-0.05, 0) is 43.5 Å². The lowest BCUT2D eigenvalue weighted by Crippen LogP contribution is -2.22. The van der Waals surface area contributed by atoms with Gasteiger partial charge in [0, 0.05) is 24.8 Å². The van der Waals surface area contributed by atoms with Gasteiger partial charge in [0.1, 0.15) is 5.82 Å². The molecule has 4 nitrogen and oxygen atoms in total. The monoisotopic (exact) mass is 269 g/mol. The van der Waals surface area contributed by atoms with Crippen LogP contribution in [-0.2, 0) is 0 Å². The maximum atomic E-state index is 9.63. The maximum Gasteiger partial charge on any atom is 0.161 e. The van der Waals surface area contributed by atoms with Crippen molar-refractivity contribution in [3.05, 3.63) is 41.6 Å². The zero-order valence-corrected chi connectivity index (χ0v) is 11.9. The van der Waals surface area contributed by atoms with Crippen LogP contribution in [0.1, 0.15) is 17.5 Å². The van der Waals surface area contributed by atoms with Gasteiger partial charge in [-0.1, -0.05) is 12.1 Å². The SMILES string of the molecule is Cc1ccc(-c2nccc(N3CC[C@@H](O)C3)n2)cc1C. The summed E-state index contributed by atoms with van der Waals surface area (Å²) in [5.41, 5.74) is 3.55. The summed E-state index contributed by atoms with van der Waals surface area (Å²) in [6.45, 7) is 5.70. The third-order valence-electron chi connectivity index (χ3n) is 3.89. The lowest BCUT2D eigenvalue weighted by Gasteiger charge is -2.17. The van der Waals surface area contributed by atoms with E-state index in [2.05, 4.69) is 46.9 Å². The minimum atomic E-state index is -0.241. The Kier molecular flexibility index (Phi) is 3.40. The first-order valence-corrected chi connectivity index (χ1v) is 6.97. The average molecular weight is 269 g/mol. The van der Waals surface area contributed by atoms with E-state index in [0.29, 0.717) is 6.54 Å². The number of anilines is 1. The molecule has 0 bridgehead atoms. The third-order valence-corrected chi connectivity index (χ3v) is 3.89. The summed E-state index contributed by atoms with van der Waals surface area (Å²) in [6, 6.07) is 8.18. The van der Waals surface area contributed by atoms with Gasteiger partial charge >= 0.3 is 0 Å². The van der Waals surface area contributed by atoms with Crippen molar-refractivity contribution in [2.75, 3.05) is 18.0 Å². The lowest BCUT2D eigenvalue weighted by molar-refractivity contribution is 0.198. The van der Waals surface area contributed by atoms with E-state index in [1.54, 1.807) is 6.20 Å². The number of benzene rings is 1. The second-order valence-corrected chi connectivity index (χ2v) is 5.43. The summed E-state index contributed by atoms with van der Waals surface area (Å²) >= 11 is 0. The predicted molar refractivity (Wildman–Crippen MR) is 79.8 cm³/mol. The number of aliphatic hydroxyl groups is 1. The largest absolute Gasteiger partial charge is 0.391 e. The molecule has 3 rings (SSSR count). The van der Waals surface area contributed by atoms with E-state index in [9.17, 15) is 5.11 Å². The van der Waals surface area contributed by atoms with Crippen LogP contribution in [0.3, 0.4) is 0 Å². The normalized spacial score (nSPS) is 18.6. The van der Waals surface area contributed by atoms with E-state index < -0.39 is 0 Å². The van der Waals surface area contributed by atoms with Crippen LogP contribution < -0.4 is 4.90 Å². The maximum absolute atomic E-state index is 9.63. The molecule has 1 aromatic carbocycles. The van der Waals surface area contributed by atoms with Gasteiger partial charge in [-0.3, -0.25) is 0 Å². The summed E-state index contributed by atoms with van der Waals surface area (Å²) in [6.07, 6.45) is 2.36. The van der Waals surface area contributed by atoms with Gasteiger partial charge in [0.15, 0.2) is 5.82 Å². The highest BCUT2D eigenvalue weighted by Crippen LogP contribution is 2.23. The Hall–Kier alpha value is -1.94. The van der Waals surface area contributed by atoms with Gasteiger partial charge in [0.05, 0.1) is 6.10 Å².